The van der Waals surface area contributed by atoms with Gasteiger partial charge in [-0.15, -0.1) is 0 Å². The van der Waals surface area contributed by atoms with Gasteiger partial charge in [-0.1, -0.05) is 0 Å². The molecule has 1 fully saturated rings. The Morgan fingerprint density at radius 1 is 1.53 bits per heavy atom. The summed E-state index contributed by atoms with van der Waals surface area (Å²) in [4.78, 5) is 13.4. The molecule has 0 saturated carbocycles. The predicted molar refractivity (Wildman–Crippen MR) is 56.0 cm³/mol. The molecule has 1 aliphatic rings. The maximum Gasteiger partial charge on any atom is 0.410 e. The zero-order valence-electron chi connectivity index (χ0n) is 9.78. The number of hydrogen-bond donors (Lipinski definition) is 1. The van der Waals surface area contributed by atoms with Gasteiger partial charge in [0.15, 0.2) is 0 Å². The van der Waals surface area contributed by atoms with E-state index in [1.54, 1.807) is 4.90 Å². The quantitative estimate of drug-likeness (QED) is 0.680. The van der Waals surface area contributed by atoms with Crippen molar-refractivity contribution in [2.75, 3.05) is 6.54 Å². The van der Waals surface area contributed by atoms with Crippen LogP contribution in [-0.4, -0.2) is 35.2 Å². The fraction of sp³-hybridized carbons (Fsp3) is 0.900. The molecule has 5 heteroatoms. The van der Waals surface area contributed by atoms with Gasteiger partial charge in [0.2, 0.25) is 0 Å². The third-order valence-corrected chi connectivity index (χ3v) is 2.36. The van der Waals surface area contributed by atoms with E-state index in [-0.39, 0.29) is 18.2 Å². The molecule has 86 valence electrons. The molecule has 0 aromatic rings. The van der Waals surface area contributed by atoms with E-state index in [0.717, 1.165) is 6.42 Å². The van der Waals surface area contributed by atoms with E-state index in [9.17, 15) is 4.79 Å². The maximum atomic E-state index is 11.7. The summed E-state index contributed by atoms with van der Waals surface area (Å²) in [6, 6.07) is 0.0477. The van der Waals surface area contributed by atoms with E-state index in [2.05, 4.69) is 5.11 Å². The molecule has 1 amide bonds. The van der Waals surface area contributed by atoms with Crippen molar-refractivity contribution in [3.63, 3.8) is 0 Å². The van der Waals surface area contributed by atoms with Gasteiger partial charge in [0.1, 0.15) is 5.60 Å². The standard InChI is InChI=1S/C10H19N3O2/c1-7-5-8(12-11)6-13(7)9(14)15-10(2,3)4/h7-8,11H,5-6H2,1-4H3/t7-,8+/m0/s1. The summed E-state index contributed by atoms with van der Waals surface area (Å²) >= 11 is 0. The molecule has 5 nitrogen and oxygen atoms in total. The summed E-state index contributed by atoms with van der Waals surface area (Å²) in [6.45, 7) is 7.99. The molecule has 15 heavy (non-hydrogen) atoms. The molecule has 2 atom stereocenters. The zero-order valence-corrected chi connectivity index (χ0v) is 9.78. The van der Waals surface area contributed by atoms with Gasteiger partial charge in [0, 0.05) is 12.6 Å². The first-order chi connectivity index (χ1) is 6.83. The summed E-state index contributed by atoms with van der Waals surface area (Å²) in [6.07, 6.45) is 0.448. The van der Waals surface area contributed by atoms with Crippen LogP contribution in [0.15, 0.2) is 5.11 Å². The lowest BCUT2D eigenvalue weighted by molar-refractivity contribution is 0.0237. The average Bonchev–Trinajstić information content (AvgIpc) is 2.43. The SMILES string of the molecule is C[C@H]1C[C@@H](N=N)CN1C(=O)OC(C)(C)C. The number of carbonyl (C=O) groups excluding carboxylic acids is 1. The highest BCUT2D eigenvalue weighted by atomic mass is 16.6. The number of ether oxygens (including phenoxy) is 1. The van der Waals surface area contributed by atoms with Crippen molar-refractivity contribution in [3.05, 3.63) is 0 Å². The van der Waals surface area contributed by atoms with Gasteiger partial charge in [0.05, 0.1) is 6.04 Å². The molecule has 0 radical (unpaired) electrons. The molecule has 0 spiro atoms. The molecule has 0 bridgehead atoms. The number of rotatable bonds is 1. The first-order valence-electron chi connectivity index (χ1n) is 5.19. The Morgan fingerprint density at radius 2 is 2.13 bits per heavy atom. The third kappa shape index (κ3) is 3.18. The number of likely N-dealkylation sites (tertiary alicyclic amines) is 1. The highest BCUT2D eigenvalue weighted by Gasteiger charge is 2.34. The van der Waals surface area contributed by atoms with Crippen LogP contribution in [0.3, 0.4) is 0 Å². The largest absolute Gasteiger partial charge is 0.444 e. The lowest BCUT2D eigenvalue weighted by Crippen LogP contribution is -2.39. The second kappa shape index (κ2) is 4.16. The van der Waals surface area contributed by atoms with Crippen molar-refractivity contribution < 1.29 is 9.53 Å². The lowest BCUT2D eigenvalue weighted by atomic mass is 10.2. The van der Waals surface area contributed by atoms with Crippen LogP contribution >= 0.6 is 0 Å². The number of nitrogens with one attached hydrogen (secondary N) is 1. The lowest BCUT2D eigenvalue weighted by Gasteiger charge is -2.26. The number of nitrogens with zero attached hydrogens (tertiary/aromatic N) is 2. The van der Waals surface area contributed by atoms with Crippen LogP contribution in [0, 0.1) is 5.53 Å². The van der Waals surface area contributed by atoms with Gasteiger partial charge >= 0.3 is 6.09 Å². The zero-order chi connectivity index (χ0) is 11.6. The van der Waals surface area contributed by atoms with Crippen LogP contribution in [0.4, 0.5) is 4.79 Å². The van der Waals surface area contributed by atoms with Gasteiger partial charge in [-0.2, -0.15) is 5.11 Å². The Morgan fingerprint density at radius 3 is 2.53 bits per heavy atom. The fourth-order valence-electron chi connectivity index (χ4n) is 1.67. The van der Waals surface area contributed by atoms with Crippen LogP contribution in [0.5, 0.6) is 0 Å². The number of amides is 1. The Balaban J connectivity index is 2.57. The van der Waals surface area contributed by atoms with E-state index < -0.39 is 5.60 Å². The molecule has 1 heterocycles. The Hall–Kier alpha value is -1.13. The third-order valence-electron chi connectivity index (χ3n) is 2.36. The van der Waals surface area contributed by atoms with Crippen LogP contribution in [0.25, 0.3) is 0 Å². The summed E-state index contributed by atoms with van der Waals surface area (Å²) < 4.78 is 5.27. The Kier molecular flexibility index (Phi) is 3.31. The number of carbonyl (C=O) groups is 1. The Bertz CT molecular complexity index is 260. The van der Waals surface area contributed by atoms with E-state index in [4.69, 9.17) is 10.3 Å². The average molecular weight is 213 g/mol. The van der Waals surface area contributed by atoms with Gasteiger partial charge in [0.25, 0.3) is 0 Å². The summed E-state index contributed by atoms with van der Waals surface area (Å²) in [5.41, 5.74) is 6.48. The normalized spacial score (nSPS) is 26.5. The van der Waals surface area contributed by atoms with E-state index >= 15 is 0 Å². The van der Waals surface area contributed by atoms with Crippen molar-refractivity contribution in [2.24, 2.45) is 5.11 Å². The van der Waals surface area contributed by atoms with Crippen molar-refractivity contribution in [1.29, 1.82) is 5.53 Å². The minimum Gasteiger partial charge on any atom is -0.444 e. The second-order valence-electron chi connectivity index (χ2n) is 5.00. The topological polar surface area (TPSA) is 65.8 Å². The van der Waals surface area contributed by atoms with Crippen LogP contribution in [-0.2, 0) is 4.74 Å². The molecule has 1 N–H and O–H groups in total. The first-order valence-corrected chi connectivity index (χ1v) is 5.19. The molecule has 1 rings (SSSR count). The van der Waals surface area contributed by atoms with Crippen molar-refractivity contribution in [2.45, 2.75) is 51.8 Å². The van der Waals surface area contributed by atoms with Gasteiger partial charge in [-0.25, -0.2) is 10.3 Å². The summed E-state index contributed by atoms with van der Waals surface area (Å²) in [5, 5.41) is 3.47. The molecule has 0 aromatic carbocycles. The van der Waals surface area contributed by atoms with E-state index in [1.165, 1.54) is 0 Å². The van der Waals surface area contributed by atoms with Crippen LogP contribution < -0.4 is 0 Å². The summed E-state index contributed by atoms with van der Waals surface area (Å²) in [5.74, 6) is 0. The molecule has 0 unspecified atom stereocenters. The molecule has 1 aliphatic heterocycles. The minimum atomic E-state index is -0.465. The van der Waals surface area contributed by atoms with Crippen LogP contribution in [0.1, 0.15) is 34.1 Å². The Labute approximate surface area is 90.3 Å². The predicted octanol–water partition coefficient (Wildman–Crippen LogP) is 2.42. The smallest absolute Gasteiger partial charge is 0.410 e. The van der Waals surface area contributed by atoms with Gasteiger partial charge in [-0.05, 0) is 34.1 Å². The van der Waals surface area contributed by atoms with E-state index in [1.807, 2.05) is 27.7 Å². The minimum absolute atomic E-state index is 0.0625. The molecule has 0 aliphatic carbocycles. The molecule has 1 saturated heterocycles. The highest BCUT2D eigenvalue weighted by Crippen LogP contribution is 2.22. The highest BCUT2D eigenvalue weighted by molar-refractivity contribution is 5.69. The molecular weight excluding hydrogens is 194 g/mol. The van der Waals surface area contributed by atoms with Gasteiger partial charge < -0.3 is 9.64 Å². The van der Waals surface area contributed by atoms with Crippen molar-refractivity contribution in [3.8, 4) is 0 Å². The van der Waals surface area contributed by atoms with Crippen LogP contribution in [0.2, 0.25) is 0 Å². The fourth-order valence-corrected chi connectivity index (χ4v) is 1.67. The summed E-state index contributed by atoms with van der Waals surface area (Å²) in [7, 11) is 0. The molecule has 0 aromatic heterocycles. The maximum absolute atomic E-state index is 11.7. The monoisotopic (exact) mass is 213 g/mol. The van der Waals surface area contributed by atoms with Gasteiger partial charge in [-0.3, -0.25) is 0 Å². The van der Waals surface area contributed by atoms with Crippen molar-refractivity contribution >= 4 is 6.09 Å². The number of hydrogen-bond acceptors (Lipinski definition) is 4. The second-order valence-corrected chi connectivity index (χ2v) is 5.00. The first kappa shape index (κ1) is 11.9. The van der Waals surface area contributed by atoms with Crippen molar-refractivity contribution in [1.82, 2.24) is 4.90 Å². The molecular formula is C10H19N3O2. The van der Waals surface area contributed by atoms with E-state index in [0.29, 0.717) is 6.54 Å².